The average Bonchev–Trinajstić information content (AvgIpc) is 3.53. The van der Waals surface area contributed by atoms with E-state index in [4.69, 9.17) is 0 Å². The molecule has 0 unspecified atom stereocenters. The number of benzene rings is 3. The Balaban J connectivity index is 1.31. The molecule has 2 saturated heterocycles. The predicted molar refractivity (Wildman–Crippen MR) is 194 cm³/mol. The molecule has 6 N–H and O–H groups in total. The summed E-state index contributed by atoms with van der Waals surface area (Å²) in [6.45, 7) is 0.0630. The van der Waals surface area contributed by atoms with E-state index in [0.717, 1.165) is 27.6 Å². The summed E-state index contributed by atoms with van der Waals surface area (Å²) in [5.74, 6) is -1.96. The molecule has 2 fully saturated rings. The van der Waals surface area contributed by atoms with Crippen molar-refractivity contribution in [1.29, 1.82) is 0 Å². The van der Waals surface area contributed by atoms with Crippen LogP contribution in [0, 0.1) is 0 Å². The van der Waals surface area contributed by atoms with Crippen molar-refractivity contribution in [2.24, 2.45) is 0 Å². The fourth-order valence-corrected chi connectivity index (χ4v) is 8.28. The number of carbonyl (C=O) groups excluding carboxylic acids is 4. The Bertz CT molecular complexity index is 1940. The van der Waals surface area contributed by atoms with Gasteiger partial charge in [0.1, 0.15) is 21.9 Å². The van der Waals surface area contributed by atoms with Crippen LogP contribution in [0.2, 0.25) is 0 Å². The molecule has 13 heteroatoms. The summed E-state index contributed by atoms with van der Waals surface area (Å²) in [4.78, 5) is 59.0. The van der Waals surface area contributed by atoms with Crippen LogP contribution in [0.3, 0.4) is 0 Å². The summed E-state index contributed by atoms with van der Waals surface area (Å²) < 4.78 is 24.2. The highest BCUT2D eigenvalue weighted by Gasteiger charge is 2.33. The van der Waals surface area contributed by atoms with E-state index in [-0.39, 0.29) is 43.4 Å². The van der Waals surface area contributed by atoms with Crippen molar-refractivity contribution < 1.29 is 27.6 Å². The number of aromatic amines is 1. The van der Waals surface area contributed by atoms with Gasteiger partial charge in [-0.3, -0.25) is 19.2 Å². The number of carbonyl (C=O) groups is 4. The topological polar surface area (TPSA) is 178 Å². The number of hydrogen-bond acceptors (Lipinski definition) is 7. The molecule has 6 rings (SSSR count). The lowest BCUT2D eigenvalue weighted by molar-refractivity contribution is -0.133. The van der Waals surface area contributed by atoms with E-state index in [1.807, 2.05) is 84.9 Å². The number of sulfone groups is 1. The van der Waals surface area contributed by atoms with E-state index in [0.29, 0.717) is 19.3 Å². The number of fused-ring (bicyclic) bond motifs is 1. The minimum atomic E-state index is -3.15. The third-order valence-corrected chi connectivity index (χ3v) is 11.3. The Hall–Kier alpha value is -5.01. The molecule has 0 bridgehead atoms. The van der Waals surface area contributed by atoms with Crippen LogP contribution >= 0.6 is 0 Å². The van der Waals surface area contributed by atoms with Crippen LogP contribution in [0.25, 0.3) is 10.9 Å². The predicted octanol–water partition coefficient (Wildman–Crippen LogP) is 1.71. The normalized spacial score (nSPS) is 23.8. The number of nitrogens with one attached hydrogen (secondary N) is 6. The monoisotopic (exact) mass is 712 g/mol. The molecule has 4 atom stereocenters. The Morgan fingerprint density at radius 1 is 0.667 bits per heavy atom. The second-order valence-corrected chi connectivity index (χ2v) is 15.7. The summed E-state index contributed by atoms with van der Waals surface area (Å²) in [5, 5.41) is 15.9. The third-order valence-electron chi connectivity index (χ3n) is 9.56. The van der Waals surface area contributed by atoms with Gasteiger partial charge in [0, 0.05) is 42.5 Å². The Kier molecular flexibility index (Phi) is 11.5. The fraction of sp³-hybridized carbons (Fsp3) is 0.368. The lowest BCUT2D eigenvalue weighted by Crippen LogP contribution is -2.59. The number of hydrogen-bond donors (Lipinski definition) is 6. The largest absolute Gasteiger partial charge is 0.361 e. The molecular formula is C38H44N6O6S. The van der Waals surface area contributed by atoms with E-state index in [1.165, 1.54) is 0 Å². The van der Waals surface area contributed by atoms with Crippen molar-refractivity contribution in [1.82, 2.24) is 31.6 Å². The third kappa shape index (κ3) is 9.83. The molecule has 3 heterocycles. The van der Waals surface area contributed by atoms with Crippen LogP contribution in [0.4, 0.5) is 0 Å². The maximum Gasteiger partial charge on any atom is 0.243 e. The van der Waals surface area contributed by atoms with Crippen LogP contribution < -0.4 is 26.6 Å². The first-order valence-corrected chi connectivity index (χ1v) is 19.2. The van der Waals surface area contributed by atoms with Gasteiger partial charge in [0.15, 0.2) is 0 Å². The number of H-pyrrole nitrogens is 1. The van der Waals surface area contributed by atoms with Crippen molar-refractivity contribution in [3.8, 4) is 0 Å². The number of rotatable bonds is 8. The van der Waals surface area contributed by atoms with Gasteiger partial charge in [0.05, 0.1) is 30.0 Å². The van der Waals surface area contributed by atoms with Crippen LogP contribution in [-0.4, -0.2) is 85.3 Å². The van der Waals surface area contributed by atoms with Gasteiger partial charge in [-0.05, 0) is 42.0 Å². The highest BCUT2D eigenvalue weighted by atomic mass is 32.2. The van der Waals surface area contributed by atoms with E-state index >= 15 is 0 Å². The van der Waals surface area contributed by atoms with E-state index in [1.54, 1.807) is 6.20 Å². The van der Waals surface area contributed by atoms with Crippen molar-refractivity contribution >= 4 is 44.4 Å². The summed E-state index contributed by atoms with van der Waals surface area (Å²) >= 11 is 0. The standard InChI is InChI=1S/C38H44N6O6S/c45-35-22-34(41-28-15-17-51(49,50)18-16-28)36(46)40-24-29(19-25-9-3-1-4-10-25)42-37(47)32(20-26-11-5-2-6-12-26)44-38(48)33(43-35)21-27-23-39-31-14-8-7-13-30(27)31/h1-14,23,28-29,32-34,39,41H,15-22,24H2,(H,40,46)(H,42,47)(H,43,45)(H,44,48)/t29-,32+,33+,34-/m1/s1. The molecule has 12 nitrogen and oxygen atoms in total. The SMILES string of the molecule is O=C1C[C@@H](NC2CCS(=O)(=O)CC2)C(=O)NC[C@@H](Cc2ccccc2)NC(=O)[C@H](Cc2ccccc2)NC(=O)[C@H](Cc2c[nH]c3ccccc23)N1. The maximum absolute atomic E-state index is 14.2. The molecule has 0 saturated carbocycles. The van der Waals surface area contributed by atoms with Gasteiger partial charge in [0.25, 0.3) is 0 Å². The molecule has 0 aliphatic carbocycles. The molecule has 4 amide bonds. The van der Waals surface area contributed by atoms with Crippen LogP contribution in [0.15, 0.2) is 91.1 Å². The van der Waals surface area contributed by atoms with Crippen LogP contribution in [0.5, 0.6) is 0 Å². The first kappa shape index (κ1) is 35.8. The quantitative estimate of drug-likeness (QED) is 0.161. The van der Waals surface area contributed by atoms with Crippen molar-refractivity contribution in [3.05, 3.63) is 108 Å². The number of aromatic nitrogens is 1. The minimum absolute atomic E-state index is 0.00655. The molecule has 4 aromatic rings. The highest BCUT2D eigenvalue weighted by molar-refractivity contribution is 7.91. The van der Waals surface area contributed by atoms with E-state index < -0.39 is 57.6 Å². The summed E-state index contributed by atoms with van der Waals surface area (Å²) in [5.41, 5.74) is 3.46. The smallest absolute Gasteiger partial charge is 0.243 e. The fourth-order valence-electron chi connectivity index (χ4n) is 6.79. The summed E-state index contributed by atoms with van der Waals surface area (Å²) in [7, 11) is -3.15. The molecule has 1 aromatic heterocycles. The van der Waals surface area contributed by atoms with E-state index in [2.05, 4.69) is 31.6 Å². The number of amides is 4. The Morgan fingerprint density at radius 3 is 1.98 bits per heavy atom. The summed E-state index contributed by atoms with van der Waals surface area (Å²) in [6.07, 6.45) is 2.88. The van der Waals surface area contributed by atoms with Gasteiger partial charge < -0.3 is 31.6 Å². The molecule has 0 spiro atoms. The maximum atomic E-state index is 14.2. The molecule has 3 aromatic carbocycles. The minimum Gasteiger partial charge on any atom is -0.361 e. The molecule has 2 aliphatic heterocycles. The summed E-state index contributed by atoms with van der Waals surface area (Å²) in [6, 6.07) is 22.7. The van der Waals surface area contributed by atoms with Gasteiger partial charge in [-0.15, -0.1) is 0 Å². The zero-order chi connectivity index (χ0) is 35.8. The average molecular weight is 713 g/mol. The van der Waals surface area contributed by atoms with Gasteiger partial charge in [-0.25, -0.2) is 8.42 Å². The molecular weight excluding hydrogens is 669 g/mol. The number of para-hydroxylation sites is 1. The van der Waals surface area contributed by atoms with Crippen LogP contribution in [0.1, 0.15) is 36.0 Å². The first-order valence-electron chi connectivity index (χ1n) is 17.4. The zero-order valence-corrected chi connectivity index (χ0v) is 29.1. The van der Waals surface area contributed by atoms with E-state index in [9.17, 15) is 27.6 Å². The molecule has 51 heavy (non-hydrogen) atoms. The second kappa shape index (κ2) is 16.3. The van der Waals surface area contributed by atoms with Crippen LogP contribution in [-0.2, 0) is 48.3 Å². The van der Waals surface area contributed by atoms with Gasteiger partial charge in [-0.2, -0.15) is 0 Å². The van der Waals surface area contributed by atoms with Crippen molar-refractivity contribution in [2.75, 3.05) is 18.1 Å². The molecule has 0 radical (unpaired) electrons. The van der Waals surface area contributed by atoms with Gasteiger partial charge in [0.2, 0.25) is 23.6 Å². The van der Waals surface area contributed by atoms with Gasteiger partial charge >= 0.3 is 0 Å². The Morgan fingerprint density at radius 2 is 1.27 bits per heavy atom. The Labute approximate surface area is 297 Å². The zero-order valence-electron chi connectivity index (χ0n) is 28.3. The second-order valence-electron chi connectivity index (χ2n) is 13.4. The molecule has 268 valence electrons. The highest BCUT2D eigenvalue weighted by Crippen LogP contribution is 2.20. The van der Waals surface area contributed by atoms with Gasteiger partial charge in [-0.1, -0.05) is 78.9 Å². The first-order chi connectivity index (χ1) is 24.6. The van der Waals surface area contributed by atoms with Crippen molar-refractivity contribution in [2.45, 2.75) is 68.7 Å². The lowest BCUT2D eigenvalue weighted by atomic mass is 10.00. The van der Waals surface area contributed by atoms with Crippen molar-refractivity contribution in [3.63, 3.8) is 0 Å². The molecule has 2 aliphatic rings. The lowest BCUT2D eigenvalue weighted by Gasteiger charge is -2.30.